The summed E-state index contributed by atoms with van der Waals surface area (Å²) in [5.74, 6) is 0. The van der Waals surface area contributed by atoms with Gasteiger partial charge in [0.1, 0.15) is 5.15 Å². The number of urea groups is 1. The standard InChI is InChI=1S/C23H23ClN6OS/c1-14-10-17(12-18(24)27-14)20-19(16-5-3-4-15(11-16)13-25)28-21(32-20)29-22(31)30-8-6-23(2,26)7-9-30/h3-5,10-12H,6-9,26H2,1-2H3,(H,28,29,31). The van der Waals surface area contributed by atoms with E-state index in [0.29, 0.717) is 34.6 Å². The molecule has 0 unspecified atom stereocenters. The van der Waals surface area contributed by atoms with E-state index in [1.807, 2.05) is 32.0 Å². The number of aryl methyl sites for hydroxylation is 1. The van der Waals surface area contributed by atoms with Crippen molar-refractivity contribution in [2.24, 2.45) is 5.73 Å². The molecule has 32 heavy (non-hydrogen) atoms. The minimum Gasteiger partial charge on any atom is -0.325 e. The van der Waals surface area contributed by atoms with Crippen LogP contribution in [0.25, 0.3) is 21.7 Å². The van der Waals surface area contributed by atoms with Gasteiger partial charge in [-0.2, -0.15) is 5.26 Å². The lowest BCUT2D eigenvalue weighted by atomic mass is 9.91. The van der Waals surface area contributed by atoms with Crippen LogP contribution in [0.5, 0.6) is 0 Å². The summed E-state index contributed by atoms with van der Waals surface area (Å²) in [6.45, 7) is 5.09. The SMILES string of the molecule is Cc1cc(-c2sc(NC(=O)N3CCC(C)(N)CC3)nc2-c2cccc(C#N)c2)cc(Cl)n1. The molecule has 3 N–H and O–H groups in total. The smallest absolute Gasteiger partial charge is 0.323 e. The zero-order chi connectivity index (χ0) is 22.9. The van der Waals surface area contributed by atoms with Gasteiger partial charge in [-0.05, 0) is 56.5 Å². The Morgan fingerprint density at radius 2 is 2.00 bits per heavy atom. The molecule has 3 aromatic rings. The normalized spacial score (nSPS) is 15.3. The average molecular weight is 467 g/mol. The van der Waals surface area contributed by atoms with Gasteiger partial charge in [0.25, 0.3) is 0 Å². The van der Waals surface area contributed by atoms with Gasteiger partial charge in [0.15, 0.2) is 5.13 Å². The molecule has 1 aliphatic heterocycles. The van der Waals surface area contributed by atoms with Crippen LogP contribution in [-0.4, -0.2) is 39.5 Å². The molecule has 0 radical (unpaired) electrons. The molecule has 1 aliphatic rings. The Kier molecular flexibility index (Phi) is 6.15. The molecule has 0 bridgehead atoms. The molecular formula is C23H23ClN6OS. The molecule has 2 amide bonds. The number of nitrogens with two attached hydrogens (primary N) is 1. The highest BCUT2D eigenvalue weighted by atomic mass is 35.5. The van der Waals surface area contributed by atoms with E-state index >= 15 is 0 Å². The van der Waals surface area contributed by atoms with Gasteiger partial charge in [0.05, 0.1) is 22.2 Å². The molecule has 0 spiro atoms. The third-order valence-corrected chi connectivity index (χ3v) is 6.70. The molecule has 164 valence electrons. The van der Waals surface area contributed by atoms with E-state index in [1.165, 1.54) is 11.3 Å². The summed E-state index contributed by atoms with van der Waals surface area (Å²) in [6.07, 6.45) is 1.51. The van der Waals surface area contributed by atoms with Gasteiger partial charge in [-0.25, -0.2) is 14.8 Å². The predicted molar refractivity (Wildman–Crippen MR) is 128 cm³/mol. The van der Waals surface area contributed by atoms with Crippen molar-refractivity contribution in [3.8, 4) is 27.8 Å². The van der Waals surface area contributed by atoms with Crippen LogP contribution in [0.15, 0.2) is 36.4 Å². The van der Waals surface area contributed by atoms with E-state index in [9.17, 15) is 10.1 Å². The van der Waals surface area contributed by atoms with Crippen LogP contribution < -0.4 is 11.1 Å². The molecule has 4 rings (SSSR count). The Labute approximate surface area is 195 Å². The Morgan fingerprint density at radius 1 is 1.25 bits per heavy atom. The second-order valence-corrected chi connectivity index (χ2v) is 9.67. The number of thiazole rings is 1. The van der Waals surface area contributed by atoms with Gasteiger partial charge < -0.3 is 10.6 Å². The Hall–Kier alpha value is -2.99. The number of rotatable bonds is 3. The average Bonchev–Trinajstić information content (AvgIpc) is 3.17. The molecule has 1 fully saturated rings. The quantitative estimate of drug-likeness (QED) is 0.525. The molecule has 9 heteroatoms. The maximum Gasteiger partial charge on any atom is 0.323 e. The van der Waals surface area contributed by atoms with E-state index in [-0.39, 0.29) is 11.6 Å². The summed E-state index contributed by atoms with van der Waals surface area (Å²) in [5.41, 5.74) is 9.59. The van der Waals surface area contributed by atoms with E-state index in [2.05, 4.69) is 16.4 Å². The molecule has 0 aliphatic carbocycles. The summed E-state index contributed by atoms with van der Waals surface area (Å²) in [7, 11) is 0. The molecule has 3 heterocycles. The summed E-state index contributed by atoms with van der Waals surface area (Å²) in [6, 6.07) is 12.9. The highest BCUT2D eigenvalue weighted by Crippen LogP contribution is 2.40. The van der Waals surface area contributed by atoms with Crippen LogP contribution in [0.3, 0.4) is 0 Å². The first-order valence-corrected chi connectivity index (χ1v) is 11.4. The van der Waals surface area contributed by atoms with Crippen molar-refractivity contribution in [1.29, 1.82) is 5.26 Å². The first-order valence-electron chi connectivity index (χ1n) is 10.2. The number of hydrogen-bond acceptors (Lipinski definition) is 6. The van der Waals surface area contributed by atoms with Crippen LogP contribution in [0.4, 0.5) is 9.93 Å². The lowest BCUT2D eigenvalue weighted by molar-refractivity contribution is 0.176. The Morgan fingerprint density at radius 3 is 2.69 bits per heavy atom. The number of benzene rings is 1. The zero-order valence-electron chi connectivity index (χ0n) is 17.9. The fourth-order valence-electron chi connectivity index (χ4n) is 3.65. The topological polar surface area (TPSA) is 108 Å². The van der Waals surface area contributed by atoms with Gasteiger partial charge in [0, 0.05) is 29.9 Å². The number of halogens is 1. The maximum atomic E-state index is 12.8. The number of hydrogen-bond donors (Lipinski definition) is 2. The Balaban J connectivity index is 1.69. The molecule has 7 nitrogen and oxygen atoms in total. The first kappa shape index (κ1) is 22.2. The number of piperidine rings is 1. The van der Waals surface area contributed by atoms with Gasteiger partial charge in [0.2, 0.25) is 0 Å². The van der Waals surface area contributed by atoms with Crippen molar-refractivity contribution in [3.63, 3.8) is 0 Å². The van der Waals surface area contributed by atoms with Crippen molar-refractivity contribution < 1.29 is 4.79 Å². The van der Waals surface area contributed by atoms with Crippen molar-refractivity contribution in [2.45, 2.75) is 32.2 Å². The lowest BCUT2D eigenvalue weighted by Crippen LogP contribution is -2.50. The van der Waals surface area contributed by atoms with Crippen molar-refractivity contribution >= 4 is 34.1 Å². The monoisotopic (exact) mass is 466 g/mol. The molecule has 1 saturated heterocycles. The van der Waals surface area contributed by atoms with E-state index in [4.69, 9.17) is 22.3 Å². The minimum absolute atomic E-state index is 0.193. The van der Waals surface area contributed by atoms with Gasteiger partial charge in [-0.1, -0.05) is 35.1 Å². The van der Waals surface area contributed by atoms with Crippen LogP contribution in [0.1, 0.15) is 31.0 Å². The number of nitrogens with zero attached hydrogens (tertiary/aromatic N) is 4. The highest BCUT2D eigenvalue weighted by Gasteiger charge is 2.29. The molecular weight excluding hydrogens is 444 g/mol. The molecule has 2 aromatic heterocycles. The number of carbonyl (C=O) groups is 1. The fraction of sp³-hybridized carbons (Fsp3) is 0.304. The summed E-state index contributed by atoms with van der Waals surface area (Å²) >= 11 is 7.57. The lowest BCUT2D eigenvalue weighted by Gasteiger charge is -2.36. The third kappa shape index (κ3) is 4.91. The third-order valence-electron chi connectivity index (χ3n) is 5.48. The summed E-state index contributed by atoms with van der Waals surface area (Å²) < 4.78 is 0. The number of nitriles is 1. The highest BCUT2D eigenvalue weighted by molar-refractivity contribution is 7.19. The molecule has 0 saturated carbocycles. The predicted octanol–water partition coefficient (Wildman–Crippen LogP) is 5.05. The second-order valence-electron chi connectivity index (χ2n) is 8.28. The van der Waals surface area contributed by atoms with E-state index in [0.717, 1.165) is 34.5 Å². The van der Waals surface area contributed by atoms with Gasteiger partial charge >= 0.3 is 6.03 Å². The molecule has 0 atom stereocenters. The number of amides is 2. The summed E-state index contributed by atoms with van der Waals surface area (Å²) in [5, 5.41) is 13.1. The number of nitrogens with one attached hydrogen (secondary N) is 1. The van der Waals surface area contributed by atoms with Crippen LogP contribution in [-0.2, 0) is 0 Å². The largest absolute Gasteiger partial charge is 0.325 e. The summed E-state index contributed by atoms with van der Waals surface area (Å²) in [4.78, 5) is 24.4. The number of anilines is 1. The first-order chi connectivity index (χ1) is 15.2. The minimum atomic E-state index is -0.234. The van der Waals surface area contributed by atoms with Crippen molar-refractivity contribution in [3.05, 3.63) is 52.8 Å². The van der Waals surface area contributed by atoms with Crippen molar-refractivity contribution in [1.82, 2.24) is 14.9 Å². The van der Waals surface area contributed by atoms with Gasteiger partial charge in [-0.15, -0.1) is 0 Å². The number of carbonyl (C=O) groups excluding carboxylic acids is 1. The van der Waals surface area contributed by atoms with E-state index in [1.54, 1.807) is 23.1 Å². The van der Waals surface area contributed by atoms with Crippen LogP contribution in [0, 0.1) is 18.3 Å². The fourth-order valence-corrected chi connectivity index (χ4v) is 4.87. The number of aromatic nitrogens is 2. The van der Waals surface area contributed by atoms with Gasteiger partial charge in [-0.3, -0.25) is 5.32 Å². The molecule has 1 aromatic carbocycles. The Bertz CT molecular complexity index is 1190. The number of pyridine rings is 1. The zero-order valence-corrected chi connectivity index (χ0v) is 19.4. The van der Waals surface area contributed by atoms with Crippen LogP contribution >= 0.6 is 22.9 Å². The second kappa shape index (κ2) is 8.87. The van der Waals surface area contributed by atoms with Crippen molar-refractivity contribution in [2.75, 3.05) is 18.4 Å². The van der Waals surface area contributed by atoms with Crippen LogP contribution in [0.2, 0.25) is 5.15 Å². The van der Waals surface area contributed by atoms with E-state index < -0.39 is 0 Å². The number of likely N-dealkylation sites (tertiary alicyclic amines) is 1. The maximum absolute atomic E-state index is 12.8.